The summed E-state index contributed by atoms with van der Waals surface area (Å²) in [5, 5.41) is 0. The van der Waals surface area contributed by atoms with Crippen LogP contribution in [-0.2, 0) is 6.42 Å². The van der Waals surface area contributed by atoms with Gasteiger partial charge in [0.15, 0.2) is 0 Å². The number of hydrogen-bond donors (Lipinski definition) is 1. The van der Waals surface area contributed by atoms with Crippen LogP contribution in [-0.4, -0.2) is 60.1 Å². The van der Waals surface area contributed by atoms with Crippen molar-refractivity contribution in [1.29, 1.82) is 0 Å². The quantitative estimate of drug-likeness (QED) is 0.859. The van der Waals surface area contributed by atoms with Gasteiger partial charge in [0, 0.05) is 43.6 Å². The average molecular weight is 262 g/mol. The molecule has 0 radical (unpaired) electrons. The Morgan fingerprint density at radius 1 is 1.47 bits per heavy atom. The summed E-state index contributed by atoms with van der Waals surface area (Å²) in [6.45, 7) is 5.13. The van der Waals surface area contributed by atoms with Crippen LogP contribution in [0, 0.1) is 0 Å². The van der Waals surface area contributed by atoms with E-state index >= 15 is 0 Å². The monoisotopic (exact) mass is 262 g/mol. The molecule has 2 rings (SSSR count). The molecule has 1 aromatic heterocycles. The van der Waals surface area contributed by atoms with Crippen molar-refractivity contribution in [3.05, 3.63) is 30.1 Å². The van der Waals surface area contributed by atoms with Gasteiger partial charge in [-0.05, 0) is 51.6 Å². The lowest BCUT2D eigenvalue weighted by Crippen LogP contribution is -2.54. The molecule has 1 saturated heterocycles. The van der Waals surface area contributed by atoms with Crippen LogP contribution in [0.4, 0.5) is 0 Å². The molecule has 1 aliphatic rings. The van der Waals surface area contributed by atoms with Gasteiger partial charge in [0.2, 0.25) is 0 Å². The van der Waals surface area contributed by atoms with Crippen molar-refractivity contribution in [1.82, 2.24) is 14.8 Å². The van der Waals surface area contributed by atoms with Crippen molar-refractivity contribution >= 4 is 0 Å². The van der Waals surface area contributed by atoms with E-state index in [4.69, 9.17) is 5.73 Å². The van der Waals surface area contributed by atoms with Crippen molar-refractivity contribution in [3.63, 3.8) is 0 Å². The molecule has 2 N–H and O–H groups in total. The Morgan fingerprint density at radius 3 is 2.68 bits per heavy atom. The first kappa shape index (κ1) is 14.4. The highest BCUT2D eigenvalue weighted by Gasteiger charge is 2.42. The first-order chi connectivity index (χ1) is 9.07. The number of hydrogen-bond acceptors (Lipinski definition) is 4. The largest absolute Gasteiger partial charge is 0.329 e. The van der Waals surface area contributed by atoms with E-state index < -0.39 is 0 Å². The molecule has 19 heavy (non-hydrogen) atoms. The molecule has 4 nitrogen and oxygen atoms in total. The Hall–Kier alpha value is -0.970. The molecule has 1 aliphatic heterocycles. The Kier molecular flexibility index (Phi) is 4.55. The van der Waals surface area contributed by atoms with Gasteiger partial charge in [-0.25, -0.2) is 0 Å². The average Bonchev–Trinajstić information content (AvgIpc) is 2.74. The summed E-state index contributed by atoms with van der Waals surface area (Å²) in [6, 6.07) is 4.80. The first-order valence-electron chi connectivity index (χ1n) is 7.08. The Labute approximate surface area is 116 Å². The zero-order valence-electron chi connectivity index (χ0n) is 12.3. The summed E-state index contributed by atoms with van der Waals surface area (Å²) in [5.74, 6) is 0. The van der Waals surface area contributed by atoms with Crippen LogP contribution in [0.3, 0.4) is 0 Å². The highest BCUT2D eigenvalue weighted by atomic mass is 15.3. The van der Waals surface area contributed by atoms with Crippen LogP contribution in [0.5, 0.6) is 0 Å². The SMILES string of the molecule is CC1CC(CN)(N(C)CCc2ccncc2)CN1C. The molecule has 0 bridgehead atoms. The van der Waals surface area contributed by atoms with E-state index in [0.717, 1.165) is 32.5 Å². The maximum Gasteiger partial charge on any atom is 0.0470 e. The Morgan fingerprint density at radius 2 is 2.16 bits per heavy atom. The summed E-state index contributed by atoms with van der Waals surface area (Å²) in [7, 11) is 4.40. The molecule has 2 atom stereocenters. The molecule has 0 amide bonds. The second kappa shape index (κ2) is 5.99. The van der Waals surface area contributed by atoms with Gasteiger partial charge in [-0.3, -0.25) is 9.88 Å². The maximum absolute atomic E-state index is 6.08. The molecule has 1 fully saturated rings. The lowest BCUT2D eigenvalue weighted by Gasteiger charge is -2.38. The normalized spacial score (nSPS) is 28.2. The number of pyridine rings is 1. The van der Waals surface area contributed by atoms with Gasteiger partial charge >= 0.3 is 0 Å². The van der Waals surface area contributed by atoms with Gasteiger partial charge in [0.25, 0.3) is 0 Å². The number of nitrogens with zero attached hydrogens (tertiary/aromatic N) is 3. The van der Waals surface area contributed by atoms with E-state index in [2.05, 4.69) is 47.9 Å². The topological polar surface area (TPSA) is 45.4 Å². The van der Waals surface area contributed by atoms with Crippen molar-refractivity contribution in [2.75, 3.05) is 33.7 Å². The molecule has 4 heteroatoms. The first-order valence-corrected chi connectivity index (χ1v) is 7.08. The molecule has 2 heterocycles. The number of aromatic nitrogens is 1. The van der Waals surface area contributed by atoms with Gasteiger partial charge in [0.05, 0.1) is 0 Å². The van der Waals surface area contributed by atoms with Crippen LogP contribution in [0.15, 0.2) is 24.5 Å². The van der Waals surface area contributed by atoms with Crippen LogP contribution in [0.2, 0.25) is 0 Å². The summed E-state index contributed by atoms with van der Waals surface area (Å²) in [6.07, 6.45) is 5.94. The molecular formula is C15H26N4. The third kappa shape index (κ3) is 3.14. The minimum absolute atomic E-state index is 0.140. The molecule has 0 spiro atoms. The predicted molar refractivity (Wildman–Crippen MR) is 79.1 cm³/mol. The molecular weight excluding hydrogens is 236 g/mol. The van der Waals surface area contributed by atoms with Crippen LogP contribution in [0.25, 0.3) is 0 Å². The van der Waals surface area contributed by atoms with E-state index in [0.29, 0.717) is 6.04 Å². The Balaban J connectivity index is 1.96. The second-order valence-electron chi connectivity index (χ2n) is 5.92. The highest BCUT2D eigenvalue weighted by Crippen LogP contribution is 2.29. The van der Waals surface area contributed by atoms with E-state index in [-0.39, 0.29) is 5.54 Å². The van der Waals surface area contributed by atoms with E-state index in [9.17, 15) is 0 Å². The smallest absolute Gasteiger partial charge is 0.0470 e. The van der Waals surface area contributed by atoms with Gasteiger partial charge in [-0.15, -0.1) is 0 Å². The number of rotatable bonds is 5. The lowest BCUT2D eigenvalue weighted by atomic mass is 9.94. The standard InChI is InChI=1S/C15H26N4/c1-13-10-15(11-16,12-18(13)2)19(3)9-6-14-4-7-17-8-5-14/h4-5,7-8,13H,6,9-12,16H2,1-3H3. The lowest BCUT2D eigenvalue weighted by molar-refractivity contribution is 0.135. The van der Waals surface area contributed by atoms with Crippen molar-refractivity contribution in [2.45, 2.75) is 31.3 Å². The molecule has 0 aliphatic carbocycles. The number of nitrogens with two attached hydrogens (primary N) is 1. The summed E-state index contributed by atoms with van der Waals surface area (Å²) < 4.78 is 0. The zero-order valence-corrected chi connectivity index (χ0v) is 12.3. The fourth-order valence-corrected chi connectivity index (χ4v) is 3.05. The molecule has 106 valence electrons. The molecule has 0 aromatic carbocycles. The van der Waals surface area contributed by atoms with Crippen molar-refractivity contribution in [3.8, 4) is 0 Å². The number of likely N-dealkylation sites (tertiary alicyclic amines) is 1. The van der Waals surface area contributed by atoms with Crippen molar-refractivity contribution < 1.29 is 0 Å². The Bertz CT molecular complexity index is 382. The minimum Gasteiger partial charge on any atom is -0.329 e. The van der Waals surface area contributed by atoms with Crippen LogP contribution >= 0.6 is 0 Å². The fraction of sp³-hybridized carbons (Fsp3) is 0.667. The maximum atomic E-state index is 6.08. The molecule has 1 aromatic rings. The fourth-order valence-electron chi connectivity index (χ4n) is 3.05. The van der Waals surface area contributed by atoms with Crippen LogP contribution in [0.1, 0.15) is 18.9 Å². The second-order valence-corrected chi connectivity index (χ2v) is 5.92. The zero-order chi connectivity index (χ0) is 13.9. The third-order valence-electron chi connectivity index (χ3n) is 4.65. The summed E-state index contributed by atoms with van der Waals surface area (Å²) >= 11 is 0. The predicted octanol–water partition coefficient (Wildman–Crippen LogP) is 0.977. The van der Waals surface area contributed by atoms with E-state index in [1.807, 2.05) is 12.4 Å². The van der Waals surface area contributed by atoms with Crippen molar-refractivity contribution in [2.24, 2.45) is 5.73 Å². The third-order valence-corrected chi connectivity index (χ3v) is 4.65. The van der Waals surface area contributed by atoms with Gasteiger partial charge < -0.3 is 10.6 Å². The van der Waals surface area contributed by atoms with Gasteiger partial charge in [0.1, 0.15) is 0 Å². The molecule has 2 unspecified atom stereocenters. The van der Waals surface area contributed by atoms with Gasteiger partial charge in [-0.1, -0.05) is 0 Å². The highest BCUT2D eigenvalue weighted by molar-refractivity contribution is 5.10. The minimum atomic E-state index is 0.140. The summed E-state index contributed by atoms with van der Waals surface area (Å²) in [4.78, 5) is 8.92. The van der Waals surface area contributed by atoms with Crippen LogP contribution < -0.4 is 5.73 Å². The molecule has 0 saturated carbocycles. The van der Waals surface area contributed by atoms with E-state index in [1.165, 1.54) is 5.56 Å². The van der Waals surface area contributed by atoms with Gasteiger partial charge in [-0.2, -0.15) is 0 Å². The number of likely N-dealkylation sites (N-methyl/N-ethyl adjacent to an activating group) is 2. The summed E-state index contributed by atoms with van der Waals surface area (Å²) in [5.41, 5.74) is 7.57. The van der Waals surface area contributed by atoms with E-state index in [1.54, 1.807) is 0 Å².